The van der Waals surface area contributed by atoms with Crippen LogP contribution in [0.3, 0.4) is 0 Å². The minimum absolute atomic E-state index is 0.0347. The van der Waals surface area contributed by atoms with E-state index in [0.717, 1.165) is 24.2 Å². The summed E-state index contributed by atoms with van der Waals surface area (Å²) in [6.07, 6.45) is 2.38. The lowest BCUT2D eigenvalue weighted by Gasteiger charge is -2.20. The van der Waals surface area contributed by atoms with E-state index in [4.69, 9.17) is 16.3 Å². The van der Waals surface area contributed by atoms with Crippen molar-refractivity contribution in [1.29, 1.82) is 0 Å². The number of carbonyl (C=O) groups is 2. The number of anilines is 1. The lowest BCUT2D eigenvalue weighted by atomic mass is 10.2. The Morgan fingerprint density at radius 2 is 1.78 bits per heavy atom. The number of carbonyl (C=O) groups excluding carboxylic acids is 2. The van der Waals surface area contributed by atoms with Crippen LogP contribution in [-0.2, 0) is 16.2 Å². The van der Waals surface area contributed by atoms with Gasteiger partial charge in [0.05, 0.1) is 0 Å². The SMILES string of the molecule is CC(=O)N(CCC(=O)Nc1ccc(OCc2ccc(Cl)cc2)cc1)C1CC1. The molecule has 1 N–H and O–H groups in total. The minimum atomic E-state index is -0.100. The minimum Gasteiger partial charge on any atom is -0.489 e. The molecule has 1 saturated carbocycles. The summed E-state index contributed by atoms with van der Waals surface area (Å²) in [5.74, 6) is 0.656. The predicted octanol–water partition coefficient (Wildman–Crippen LogP) is 4.26. The highest BCUT2D eigenvalue weighted by molar-refractivity contribution is 6.30. The van der Waals surface area contributed by atoms with Gasteiger partial charge in [0, 0.05) is 36.6 Å². The molecule has 5 nitrogen and oxygen atoms in total. The van der Waals surface area contributed by atoms with Crippen LogP contribution in [0.4, 0.5) is 5.69 Å². The number of benzene rings is 2. The van der Waals surface area contributed by atoms with Crippen LogP contribution >= 0.6 is 11.6 Å². The van der Waals surface area contributed by atoms with Gasteiger partial charge in [-0.1, -0.05) is 23.7 Å². The fourth-order valence-corrected chi connectivity index (χ4v) is 2.94. The van der Waals surface area contributed by atoms with Crippen LogP contribution in [0.25, 0.3) is 0 Å². The normalized spacial score (nSPS) is 13.1. The number of nitrogens with zero attached hydrogens (tertiary/aromatic N) is 1. The van der Waals surface area contributed by atoms with Gasteiger partial charge in [0.1, 0.15) is 12.4 Å². The van der Waals surface area contributed by atoms with Crippen molar-refractivity contribution >= 4 is 29.1 Å². The smallest absolute Gasteiger partial charge is 0.226 e. The largest absolute Gasteiger partial charge is 0.489 e. The second-order valence-corrected chi connectivity index (χ2v) is 7.12. The molecule has 2 amide bonds. The molecule has 0 unspecified atom stereocenters. The predicted molar refractivity (Wildman–Crippen MR) is 106 cm³/mol. The van der Waals surface area contributed by atoms with E-state index in [0.29, 0.717) is 36.3 Å². The molecule has 142 valence electrons. The fraction of sp³-hybridized carbons (Fsp3) is 0.333. The van der Waals surface area contributed by atoms with E-state index in [1.54, 1.807) is 24.0 Å². The molecule has 0 aromatic heterocycles. The van der Waals surface area contributed by atoms with Crippen molar-refractivity contribution < 1.29 is 14.3 Å². The number of nitrogens with one attached hydrogen (secondary N) is 1. The highest BCUT2D eigenvalue weighted by atomic mass is 35.5. The Bertz CT molecular complexity index is 786. The molecule has 3 rings (SSSR count). The summed E-state index contributed by atoms with van der Waals surface area (Å²) in [5.41, 5.74) is 1.74. The zero-order valence-corrected chi connectivity index (χ0v) is 16.0. The molecule has 0 heterocycles. The van der Waals surface area contributed by atoms with Crippen LogP contribution in [0.1, 0.15) is 31.7 Å². The van der Waals surface area contributed by atoms with Crippen molar-refractivity contribution in [1.82, 2.24) is 4.90 Å². The zero-order valence-electron chi connectivity index (χ0n) is 15.3. The highest BCUT2D eigenvalue weighted by Crippen LogP contribution is 2.27. The molecule has 0 saturated heterocycles. The van der Waals surface area contributed by atoms with Gasteiger partial charge in [0.25, 0.3) is 0 Å². The molecule has 1 aliphatic carbocycles. The van der Waals surface area contributed by atoms with E-state index >= 15 is 0 Å². The van der Waals surface area contributed by atoms with E-state index in [2.05, 4.69) is 5.32 Å². The van der Waals surface area contributed by atoms with Crippen molar-refractivity contribution in [2.24, 2.45) is 0 Å². The average Bonchev–Trinajstić information content (AvgIpc) is 3.47. The number of hydrogen-bond acceptors (Lipinski definition) is 3. The molecule has 1 fully saturated rings. The molecule has 0 bridgehead atoms. The summed E-state index contributed by atoms with van der Waals surface area (Å²) in [6.45, 7) is 2.47. The van der Waals surface area contributed by atoms with Gasteiger partial charge in [-0.15, -0.1) is 0 Å². The number of halogens is 1. The topological polar surface area (TPSA) is 58.6 Å². The Morgan fingerprint density at radius 3 is 2.37 bits per heavy atom. The molecule has 2 aromatic carbocycles. The van der Waals surface area contributed by atoms with Crippen LogP contribution in [0.5, 0.6) is 5.75 Å². The molecule has 6 heteroatoms. The quantitative estimate of drug-likeness (QED) is 0.737. The number of ether oxygens (including phenoxy) is 1. The van der Waals surface area contributed by atoms with Crippen LogP contribution < -0.4 is 10.1 Å². The lowest BCUT2D eigenvalue weighted by Crippen LogP contribution is -2.33. The van der Waals surface area contributed by atoms with E-state index in [9.17, 15) is 9.59 Å². The molecule has 0 radical (unpaired) electrons. The van der Waals surface area contributed by atoms with E-state index < -0.39 is 0 Å². The molecular formula is C21H23ClN2O3. The molecule has 0 atom stereocenters. The monoisotopic (exact) mass is 386 g/mol. The number of amides is 2. The molecule has 27 heavy (non-hydrogen) atoms. The maximum absolute atomic E-state index is 12.1. The van der Waals surface area contributed by atoms with Crippen molar-refractivity contribution in [3.05, 3.63) is 59.1 Å². The Hall–Kier alpha value is -2.53. The molecule has 0 spiro atoms. The van der Waals surface area contributed by atoms with Gasteiger partial charge in [0.2, 0.25) is 11.8 Å². The molecule has 0 aliphatic heterocycles. The third kappa shape index (κ3) is 6.00. The maximum atomic E-state index is 12.1. The first kappa shape index (κ1) is 19.2. The van der Waals surface area contributed by atoms with Crippen LogP contribution in [0.2, 0.25) is 5.02 Å². The van der Waals surface area contributed by atoms with Gasteiger partial charge in [-0.3, -0.25) is 9.59 Å². The van der Waals surface area contributed by atoms with E-state index in [-0.39, 0.29) is 11.8 Å². The summed E-state index contributed by atoms with van der Waals surface area (Å²) in [4.78, 5) is 25.5. The third-order valence-electron chi connectivity index (χ3n) is 4.43. The van der Waals surface area contributed by atoms with Gasteiger partial charge in [0.15, 0.2) is 0 Å². The number of rotatable bonds is 8. The van der Waals surface area contributed by atoms with Crippen molar-refractivity contribution in [3.63, 3.8) is 0 Å². The van der Waals surface area contributed by atoms with Gasteiger partial charge in [-0.05, 0) is 54.8 Å². The second kappa shape index (κ2) is 8.91. The maximum Gasteiger partial charge on any atom is 0.226 e. The second-order valence-electron chi connectivity index (χ2n) is 6.68. The van der Waals surface area contributed by atoms with Crippen LogP contribution in [0, 0.1) is 0 Å². The first-order chi connectivity index (χ1) is 13.0. The van der Waals surface area contributed by atoms with Crippen molar-refractivity contribution in [2.75, 3.05) is 11.9 Å². The fourth-order valence-electron chi connectivity index (χ4n) is 2.81. The summed E-state index contributed by atoms with van der Waals surface area (Å²) < 4.78 is 5.73. The van der Waals surface area contributed by atoms with E-state index in [1.165, 1.54) is 0 Å². The van der Waals surface area contributed by atoms with Gasteiger partial charge in [-0.25, -0.2) is 0 Å². The Kier molecular flexibility index (Phi) is 6.35. The molecular weight excluding hydrogens is 364 g/mol. The lowest BCUT2D eigenvalue weighted by molar-refractivity contribution is -0.129. The standard InChI is InChI=1S/C21H23ClN2O3/c1-15(25)24(19-8-9-19)13-12-21(26)23-18-6-10-20(11-7-18)27-14-16-2-4-17(22)5-3-16/h2-7,10-11,19H,8-9,12-14H2,1H3,(H,23,26). The summed E-state index contributed by atoms with van der Waals surface area (Å²) in [6, 6.07) is 15.1. The molecule has 1 aliphatic rings. The first-order valence-corrected chi connectivity index (χ1v) is 9.43. The van der Waals surface area contributed by atoms with Gasteiger partial charge >= 0.3 is 0 Å². The summed E-state index contributed by atoms with van der Waals surface area (Å²) >= 11 is 5.87. The summed E-state index contributed by atoms with van der Waals surface area (Å²) in [7, 11) is 0. The molecule has 2 aromatic rings. The third-order valence-corrected chi connectivity index (χ3v) is 4.68. The Labute approximate surface area is 164 Å². The van der Waals surface area contributed by atoms with Crippen LogP contribution in [-0.4, -0.2) is 29.3 Å². The average molecular weight is 387 g/mol. The van der Waals surface area contributed by atoms with Gasteiger partial charge < -0.3 is 15.0 Å². The Morgan fingerprint density at radius 1 is 1.11 bits per heavy atom. The first-order valence-electron chi connectivity index (χ1n) is 9.05. The zero-order chi connectivity index (χ0) is 19.2. The van der Waals surface area contributed by atoms with Crippen molar-refractivity contribution in [2.45, 2.75) is 38.8 Å². The number of hydrogen-bond donors (Lipinski definition) is 1. The van der Waals surface area contributed by atoms with Crippen molar-refractivity contribution in [3.8, 4) is 5.75 Å². The Balaban J connectivity index is 1.44. The van der Waals surface area contributed by atoms with Crippen LogP contribution in [0.15, 0.2) is 48.5 Å². The van der Waals surface area contributed by atoms with Gasteiger partial charge in [-0.2, -0.15) is 0 Å². The summed E-state index contributed by atoms with van der Waals surface area (Å²) in [5, 5.41) is 3.55. The highest BCUT2D eigenvalue weighted by Gasteiger charge is 2.30. The van der Waals surface area contributed by atoms with E-state index in [1.807, 2.05) is 36.4 Å².